The molecule has 0 atom stereocenters. The lowest BCUT2D eigenvalue weighted by Gasteiger charge is -2.43. The number of nitrogens with one attached hydrogen (secondary N) is 1. The molecule has 1 aliphatic carbocycles. The van der Waals surface area contributed by atoms with Gasteiger partial charge in [-0.15, -0.1) is 0 Å². The maximum absolute atomic E-state index is 5.93. The summed E-state index contributed by atoms with van der Waals surface area (Å²) in [5, 5.41) is 4.39. The molecule has 0 heterocycles. The Morgan fingerprint density at radius 3 is 2.44 bits per heavy atom. The molecule has 0 aromatic heterocycles. The van der Waals surface area contributed by atoms with Crippen molar-refractivity contribution >= 4 is 11.6 Å². The third-order valence-corrected chi connectivity index (χ3v) is 3.91. The second-order valence-corrected chi connectivity index (χ2v) is 5.25. The molecule has 0 bridgehead atoms. The zero-order chi connectivity index (χ0) is 11.4. The molecule has 0 amide bonds. The quantitative estimate of drug-likeness (QED) is 0.769. The summed E-state index contributed by atoms with van der Waals surface area (Å²) in [5.41, 5.74) is 1.84. The third kappa shape index (κ3) is 2.41. The zero-order valence-electron chi connectivity index (χ0n) is 9.93. The van der Waals surface area contributed by atoms with Crippen molar-refractivity contribution in [2.45, 2.75) is 38.0 Å². The standard InChI is InChI=1S/C14H20ClN/c1-2-10-16-11-14(8-3-9-14)12-4-6-13(15)7-5-12/h4-7,16H,2-3,8-11H2,1H3. The van der Waals surface area contributed by atoms with E-state index in [1.807, 2.05) is 12.1 Å². The van der Waals surface area contributed by atoms with Gasteiger partial charge in [0.15, 0.2) is 0 Å². The maximum Gasteiger partial charge on any atom is 0.0406 e. The Morgan fingerprint density at radius 2 is 1.94 bits per heavy atom. The summed E-state index contributed by atoms with van der Waals surface area (Å²) in [4.78, 5) is 0. The van der Waals surface area contributed by atoms with Gasteiger partial charge in [-0.25, -0.2) is 0 Å². The zero-order valence-corrected chi connectivity index (χ0v) is 10.7. The van der Waals surface area contributed by atoms with Gasteiger partial charge in [-0.05, 0) is 43.5 Å². The number of hydrogen-bond acceptors (Lipinski definition) is 1. The molecule has 0 aliphatic heterocycles. The lowest BCUT2D eigenvalue weighted by molar-refractivity contribution is 0.234. The fourth-order valence-electron chi connectivity index (χ4n) is 2.48. The van der Waals surface area contributed by atoms with Crippen molar-refractivity contribution in [2.75, 3.05) is 13.1 Å². The Kier molecular flexibility index (Phi) is 3.88. The van der Waals surface area contributed by atoms with Gasteiger partial charge < -0.3 is 5.32 Å². The van der Waals surface area contributed by atoms with Crippen LogP contribution in [0.15, 0.2) is 24.3 Å². The highest BCUT2D eigenvalue weighted by Crippen LogP contribution is 2.43. The van der Waals surface area contributed by atoms with Gasteiger partial charge in [0.1, 0.15) is 0 Å². The van der Waals surface area contributed by atoms with E-state index in [1.54, 1.807) is 0 Å². The van der Waals surface area contributed by atoms with Crippen molar-refractivity contribution in [3.8, 4) is 0 Å². The van der Waals surface area contributed by atoms with Crippen molar-refractivity contribution < 1.29 is 0 Å². The van der Waals surface area contributed by atoms with Crippen LogP contribution in [-0.4, -0.2) is 13.1 Å². The van der Waals surface area contributed by atoms with E-state index >= 15 is 0 Å². The van der Waals surface area contributed by atoms with Gasteiger partial charge in [-0.1, -0.05) is 37.1 Å². The number of halogens is 1. The Bertz CT molecular complexity index is 327. The fraction of sp³-hybridized carbons (Fsp3) is 0.571. The first-order chi connectivity index (χ1) is 7.77. The van der Waals surface area contributed by atoms with Gasteiger partial charge in [0.2, 0.25) is 0 Å². The lowest BCUT2D eigenvalue weighted by Crippen LogP contribution is -2.44. The Hall–Kier alpha value is -0.530. The second-order valence-electron chi connectivity index (χ2n) is 4.82. The number of benzene rings is 1. The molecule has 0 unspecified atom stereocenters. The van der Waals surface area contributed by atoms with Gasteiger partial charge in [-0.2, -0.15) is 0 Å². The van der Waals surface area contributed by atoms with E-state index in [-0.39, 0.29) is 0 Å². The van der Waals surface area contributed by atoms with Crippen LogP contribution in [0.2, 0.25) is 5.02 Å². The summed E-state index contributed by atoms with van der Waals surface area (Å²) in [6, 6.07) is 8.40. The van der Waals surface area contributed by atoms with E-state index in [9.17, 15) is 0 Å². The van der Waals surface area contributed by atoms with E-state index in [0.29, 0.717) is 5.41 Å². The van der Waals surface area contributed by atoms with Crippen LogP contribution >= 0.6 is 11.6 Å². The van der Waals surface area contributed by atoms with Crippen molar-refractivity contribution in [3.63, 3.8) is 0 Å². The molecular formula is C14H20ClN. The highest BCUT2D eigenvalue weighted by atomic mass is 35.5. The summed E-state index contributed by atoms with van der Waals surface area (Å²) < 4.78 is 0. The molecule has 2 heteroatoms. The minimum Gasteiger partial charge on any atom is -0.316 e. The highest BCUT2D eigenvalue weighted by molar-refractivity contribution is 6.30. The van der Waals surface area contributed by atoms with Gasteiger partial charge in [0, 0.05) is 17.0 Å². The molecule has 1 N–H and O–H groups in total. The van der Waals surface area contributed by atoms with Crippen LogP contribution in [0.1, 0.15) is 38.2 Å². The summed E-state index contributed by atoms with van der Waals surface area (Å²) in [7, 11) is 0. The lowest BCUT2D eigenvalue weighted by atomic mass is 9.64. The molecule has 88 valence electrons. The molecule has 0 spiro atoms. The van der Waals surface area contributed by atoms with E-state index in [0.717, 1.165) is 18.1 Å². The average Bonchev–Trinajstić information content (AvgIpc) is 2.24. The van der Waals surface area contributed by atoms with Gasteiger partial charge in [0.05, 0.1) is 0 Å². The molecule has 0 radical (unpaired) electrons. The van der Waals surface area contributed by atoms with E-state index in [1.165, 1.54) is 31.2 Å². The molecule has 1 fully saturated rings. The molecule has 1 aromatic rings. The first kappa shape index (κ1) is 11.9. The molecule has 1 nitrogen and oxygen atoms in total. The molecule has 16 heavy (non-hydrogen) atoms. The minimum atomic E-state index is 0.389. The highest BCUT2D eigenvalue weighted by Gasteiger charge is 2.37. The van der Waals surface area contributed by atoms with Crippen molar-refractivity contribution in [3.05, 3.63) is 34.9 Å². The summed E-state index contributed by atoms with van der Waals surface area (Å²) >= 11 is 5.93. The summed E-state index contributed by atoms with van der Waals surface area (Å²) in [6.45, 7) is 4.44. The molecule has 1 aromatic carbocycles. The predicted octanol–water partition coefficient (Wildman–Crippen LogP) is 3.76. The number of hydrogen-bond donors (Lipinski definition) is 1. The van der Waals surface area contributed by atoms with Crippen molar-refractivity contribution in [2.24, 2.45) is 0 Å². The molecule has 2 rings (SSSR count). The van der Waals surface area contributed by atoms with Gasteiger partial charge in [0.25, 0.3) is 0 Å². The third-order valence-electron chi connectivity index (χ3n) is 3.66. The first-order valence-electron chi connectivity index (χ1n) is 6.24. The monoisotopic (exact) mass is 237 g/mol. The Labute approximate surface area is 103 Å². The molecule has 0 saturated heterocycles. The molecule has 1 saturated carbocycles. The van der Waals surface area contributed by atoms with Gasteiger partial charge in [-0.3, -0.25) is 0 Å². The Balaban J connectivity index is 2.05. The number of rotatable bonds is 5. The first-order valence-corrected chi connectivity index (χ1v) is 6.61. The molecule has 1 aliphatic rings. The van der Waals surface area contributed by atoms with Crippen LogP contribution in [0.5, 0.6) is 0 Å². The van der Waals surface area contributed by atoms with Crippen LogP contribution in [0.3, 0.4) is 0 Å². The largest absolute Gasteiger partial charge is 0.316 e. The molecular weight excluding hydrogens is 218 g/mol. The maximum atomic E-state index is 5.93. The van der Waals surface area contributed by atoms with Crippen LogP contribution in [0.25, 0.3) is 0 Å². The van der Waals surface area contributed by atoms with Crippen LogP contribution in [-0.2, 0) is 5.41 Å². The fourth-order valence-corrected chi connectivity index (χ4v) is 2.60. The van der Waals surface area contributed by atoms with Crippen molar-refractivity contribution in [1.82, 2.24) is 5.32 Å². The predicted molar refractivity (Wildman–Crippen MR) is 70.1 cm³/mol. The normalized spacial score (nSPS) is 18.1. The second kappa shape index (κ2) is 5.20. The topological polar surface area (TPSA) is 12.0 Å². The van der Waals surface area contributed by atoms with Crippen LogP contribution in [0, 0.1) is 0 Å². The Morgan fingerprint density at radius 1 is 1.25 bits per heavy atom. The van der Waals surface area contributed by atoms with E-state index < -0.39 is 0 Å². The average molecular weight is 238 g/mol. The van der Waals surface area contributed by atoms with E-state index in [2.05, 4.69) is 24.4 Å². The van der Waals surface area contributed by atoms with Crippen molar-refractivity contribution in [1.29, 1.82) is 0 Å². The van der Waals surface area contributed by atoms with Gasteiger partial charge >= 0.3 is 0 Å². The van der Waals surface area contributed by atoms with Crippen LogP contribution < -0.4 is 5.32 Å². The smallest absolute Gasteiger partial charge is 0.0406 e. The summed E-state index contributed by atoms with van der Waals surface area (Å²) in [6.07, 6.45) is 5.18. The SMILES string of the molecule is CCCNCC1(c2ccc(Cl)cc2)CCC1. The summed E-state index contributed by atoms with van der Waals surface area (Å²) in [5.74, 6) is 0. The van der Waals surface area contributed by atoms with Crippen LogP contribution in [0.4, 0.5) is 0 Å². The van der Waals surface area contributed by atoms with E-state index in [4.69, 9.17) is 11.6 Å². The minimum absolute atomic E-state index is 0.389.